The predicted octanol–water partition coefficient (Wildman–Crippen LogP) is 1.76. The summed E-state index contributed by atoms with van der Waals surface area (Å²) in [5.41, 5.74) is 11.8. The number of nitrogens with two attached hydrogens (primary N) is 2. The van der Waals surface area contributed by atoms with Gasteiger partial charge in [0.1, 0.15) is 0 Å². The molecule has 0 aliphatic carbocycles. The van der Waals surface area contributed by atoms with E-state index in [1.807, 2.05) is 0 Å². The molecular weight excluding hydrogens is 200 g/mol. The molecule has 1 aromatic heterocycles. The third-order valence-electron chi connectivity index (χ3n) is 1.91. The number of carbonyl (C=O) groups is 1. The van der Waals surface area contributed by atoms with Crippen LogP contribution in [0, 0.1) is 0 Å². The van der Waals surface area contributed by atoms with E-state index in [0.717, 1.165) is 4.70 Å². The number of carboxylic acids is 1. The summed E-state index contributed by atoms with van der Waals surface area (Å²) in [6.45, 7) is 0. The maximum atomic E-state index is 10.9. The van der Waals surface area contributed by atoms with Crippen LogP contribution in [-0.2, 0) is 0 Å². The molecule has 0 bridgehead atoms. The average Bonchev–Trinajstić information content (AvgIpc) is 2.42. The first-order valence-corrected chi connectivity index (χ1v) is 4.71. The Labute approximate surface area is 83.8 Å². The first-order chi connectivity index (χ1) is 6.58. The lowest BCUT2D eigenvalue weighted by molar-refractivity contribution is 0.0699. The highest BCUT2D eigenvalue weighted by atomic mass is 32.1. The summed E-state index contributed by atoms with van der Waals surface area (Å²) in [5, 5.41) is 10.2. The van der Waals surface area contributed by atoms with E-state index in [4.69, 9.17) is 16.6 Å². The Morgan fingerprint density at radius 1 is 1.29 bits per heavy atom. The quantitative estimate of drug-likeness (QED) is 0.623. The van der Waals surface area contributed by atoms with E-state index in [1.165, 1.54) is 17.4 Å². The largest absolute Gasteiger partial charge is 0.478 e. The first kappa shape index (κ1) is 8.83. The van der Waals surface area contributed by atoms with Crippen LogP contribution >= 0.6 is 11.3 Å². The zero-order valence-electron chi connectivity index (χ0n) is 7.15. The summed E-state index contributed by atoms with van der Waals surface area (Å²) in [7, 11) is 0. The van der Waals surface area contributed by atoms with Crippen molar-refractivity contribution in [1.82, 2.24) is 0 Å². The summed E-state index contributed by atoms with van der Waals surface area (Å²) in [4.78, 5) is 10.9. The van der Waals surface area contributed by atoms with Gasteiger partial charge in [-0.15, -0.1) is 11.3 Å². The lowest BCUT2D eigenvalue weighted by atomic mass is 10.1. The standard InChI is InChI=1S/C9H8N2O2S/c10-4-1-6(9(12)13)5-3-8(11)14-7(5)2-4/h1-3H,10-11H2,(H,12,13). The third-order valence-corrected chi connectivity index (χ3v) is 2.82. The minimum atomic E-state index is -0.986. The van der Waals surface area contributed by atoms with Crippen molar-refractivity contribution >= 4 is 38.1 Å². The molecule has 0 unspecified atom stereocenters. The van der Waals surface area contributed by atoms with Crippen molar-refractivity contribution in [3.05, 3.63) is 23.8 Å². The second-order valence-electron chi connectivity index (χ2n) is 2.93. The Balaban J connectivity index is 2.85. The first-order valence-electron chi connectivity index (χ1n) is 3.90. The van der Waals surface area contributed by atoms with Crippen molar-refractivity contribution in [2.75, 3.05) is 11.5 Å². The Morgan fingerprint density at radius 2 is 2.00 bits per heavy atom. The lowest BCUT2D eigenvalue weighted by Crippen LogP contribution is -1.98. The van der Waals surface area contributed by atoms with E-state index in [1.54, 1.807) is 12.1 Å². The molecule has 0 spiro atoms. The van der Waals surface area contributed by atoms with E-state index >= 15 is 0 Å². The molecule has 0 fully saturated rings. The second-order valence-corrected chi connectivity index (χ2v) is 4.05. The number of carboxylic acid groups (broad SMARTS) is 1. The van der Waals surface area contributed by atoms with Gasteiger partial charge in [-0.25, -0.2) is 4.79 Å². The molecule has 5 heteroatoms. The van der Waals surface area contributed by atoms with Gasteiger partial charge in [-0.05, 0) is 18.2 Å². The number of aromatic carboxylic acids is 1. The van der Waals surface area contributed by atoms with Gasteiger partial charge in [0.05, 0.1) is 10.6 Å². The summed E-state index contributed by atoms with van der Waals surface area (Å²) in [5.74, 6) is -0.986. The Morgan fingerprint density at radius 3 is 2.64 bits per heavy atom. The zero-order chi connectivity index (χ0) is 10.3. The molecule has 0 saturated heterocycles. The fourth-order valence-electron chi connectivity index (χ4n) is 1.36. The SMILES string of the molecule is Nc1cc(C(=O)O)c2cc(N)sc2c1. The molecule has 5 N–H and O–H groups in total. The number of hydrogen-bond donors (Lipinski definition) is 3. The topological polar surface area (TPSA) is 89.3 Å². The highest BCUT2D eigenvalue weighted by Crippen LogP contribution is 2.32. The second kappa shape index (κ2) is 2.88. The van der Waals surface area contributed by atoms with Gasteiger partial charge in [0, 0.05) is 15.8 Å². The van der Waals surface area contributed by atoms with E-state index in [2.05, 4.69) is 0 Å². The minimum absolute atomic E-state index is 0.202. The number of benzene rings is 1. The number of rotatable bonds is 1. The third kappa shape index (κ3) is 1.27. The van der Waals surface area contributed by atoms with Crippen molar-refractivity contribution in [3.63, 3.8) is 0 Å². The van der Waals surface area contributed by atoms with Crippen molar-refractivity contribution < 1.29 is 9.90 Å². The molecule has 1 heterocycles. The van der Waals surface area contributed by atoms with E-state index < -0.39 is 5.97 Å². The molecule has 4 nitrogen and oxygen atoms in total. The molecule has 2 rings (SSSR count). The summed E-state index contributed by atoms with van der Waals surface area (Å²) < 4.78 is 0.805. The molecule has 0 aliphatic heterocycles. The summed E-state index contributed by atoms with van der Waals surface area (Å²) in [6.07, 6.45) is 0. The van der Waals surface area contributed by atoms with Crippen molar-refractivity contribution in [2.45, 2.75) is 0 Å². The van der Waals surface area contributed by atoms with Crippen LogP contribution < -0.4 is 11.5 Å². The van der Waals surface area contributed by atoms with Gasteiger partial charge in [-0.1, -0.05) is 0 Å². The number of fused-ring (bicyclic) bond motifs is 1. The van der Waals surface area contributed by atoms with Crippen molar-refractivity contribution in [1.29, 1.82) is 0 Å². The average molecular weight is 208 g/mol. The summed E-state index contributed by atoms with van der Waals surface area (Å²) >= 11 is 1.33. The van der Waals surface area contributed by atoms with Crippen LogP contribution in [0.15, 0.2) is 18.2 Å². The number of anilines is 2. The van der Waals surface area contributed by atoms with Gasteiger partial charge < -0.3 is 16.6 Å². The van der Waals surface area contributed by atoms with Gasteiger partial charge in [0.25, 0.3) is 0 Å². The lowest BCUT2D eigenvalue weighted by Gasteiger charge is -1.98. The maximum absolute atomic E-state index is 10.9. The zero-order valence-corrected chi connectivity index (χ0v) is 7.97. The number of nitrogen functional groups attached to an aromatic ring is 2. The molecule has 14 heavy (non-hydrogen) atoms. The van der Waals surface area contributed by atoms with E-state index in [0.29, 0.717) is 16.1 Å². The van der Waals surface area contributed by atoms with Crippen LogP contribution in [0.3, 0.4) is 0 Å². The minimum Gasteiger partial charge on any atom is -0.478 e. The molecule has 72 valence electrons. The molecule has 0 amide bonds. The van der Waals surface area contributed by atoms with Crippen LogP contribution in [0.5, 0.6) is 0 Å². The van der Waals surface area contributed by atoms with Crippen molar-refractivity contribution in [3.8, 4) is 0 Å². The Hall–Kier alpha value is -1.75. The normalized spacial score (nSPS) is 10.6. The van der Waals surface area contributed by atoms with Gasteiger partial charge in [0.2, 0.25) is 0 Å². The molecule has 0 radical (unpaired) electrons. The van der Waals surface area contributed by atoms with Crippen molar-refractivity contribution in [2.24, 2.45) is 0 Å². The maximum Gasteiger partial charge on any atom is 0.336 e. The predicted molar refractivity (Wildman–Crippen MR) is 57.6 cm³/mol. The van der Waals surface area contributed by atoms with Gasteiger partial charge in [0.15, 0.2) is 0 Å². The van der Waals surface area contributed by atoms with Crippen LogP contribution in [0.1, 0.15) is 10.4 Å². The molecular formula is C9H8N2O2S. The highest BCUT2D eigenvalue weighted by Gasteiger charge is 2.11. The fourth-order valence-corrected chi connectivity index (χ4v) is 2.26. The van der Waals surface area contributed by atoms with Gasteiger partial charge >= 0.3 is 5.97 Å². The van der Waals surface area contributed by atoms with Crippen LogP contribution in [0.2, 0.25) is 0 Å². The van der Waals surface area contributed by atoms with Crippen LogP contribution in [0.4, 0.5) is 10.7 Å². The number of hydrogen-bond acceptors (Lipinski definition) is 4. The molecule has 0 aliphatic rings. The van der Waals surface area contributed by atoms with Gasteiger partial charge in [-0.2, -0.15) is 0 Å². The van der Waals surface area contributed by atoms with Crippen LogP contribution in [-0.4, -0.2) is 11.1 Å². The van der Waals surface area contributed by atoms with E-state index in [9.17, 15) is 4.79 Å². The highest BCUT2D eigenvalue weighted by molar-refractivity contribution is 7.22. The molecule has 1 aromatic carbocycles. The fraction of sp³-hybridized carbons (Fsp3) is 0. The smallest absolute Gasteiger partial charge is 0.336 e. The number of thiophene rings is 1. The van der Waals surface area contributed by atoms with Gasteiger partial charge in [-0.3, -0.25) is 0 Å². The Kier molecular flexibility index (Phi) is 1.82. The monoisotopic (exact) mass is 208 g/mol. The molecule has 0 atom stereocenters. The van der Waals surface area contributed by atoms with E-state index in [-0.39, 0.29) is 5.56 Å². The Bertz CT molecular complexity index is 519. The molecule has 0 saturated carbocycles. The van der Waals surface area contributed by atoms with Crippen LogP contribution in [0.25, 0.3) is 10.1 Å². The summed E-state index contributed by atoms with van der Waals surface area (Å²) in [6, 6.07) is 4.82. The molecule has 2 aromatic rings.